The molecule has 1 rings (SSSR count). The Morgan fingerprint density at radius 3 is 2.81 bits per heavy atom. The summed E-state index contributed by atoms with van der Waals surface area (Å²) in [6.07, 6.45) is 1.11. The molecule has 0 bridgehead atoms. The Bertz CT molecular complexity index is 361. The second-order valence-electron chi connectivity index (χ2n) is 4.57. The average molecular weight is 242 g/mol. The number of carboxylic acid groups (broad SMARTS) is 1. The van der Waals surface area contributed by atoms with Crippen LogP contribution in [-0.4, -0.2) is 22.6 Å². The molecule has 0 fully saturated rings. The van der Waals surface area contributed by atoms with Crippen molar-refractivity contribution in [3.05, 3.63) is 16.1 Å². The smallest absolute Gasteiger partial charge is 0.365 e. The Morgan fingerprint density at radius 2 is 2.31 bits per heavy atom. The fraction of sp³-hybridized carbons (Fsp3) is 0.636. The Balaban J connectivity index is 2.40. The van der Waals surface area contributed by atoms with E-state index in [0.29, 0.717) is 6.54 Å². The second kappa shape index (κ2) is 5.41. The second-order valence-corrected chi connectivity index (χ2v) is 5.43. The Kier molecular flexibility index (Phi) is 4.44. The van der Waals surface area contributed by atoms with Gasteiger partial charge in [0.2, 0.25) is 5.01 Å². The summed E-state index contributed by atoms with van der Waals surface area (Å²) in [6, 6.07) is 0. The van der Waals surface area contributed by atoms with E-state index in [4.69, 9.17) is 5.11 Å². The number of aromatic carboxylic acids is 1. The number of carboxylic acids is 1. The maximum absolute atomic E-state index is 10.6. The van der Waals surface area contributed by atoms with Crippen LogP contribution in [0.4, 0.5) is 0 Å². The molecule has 5 heteroatoms. The molecule has 90 valence electrons. The van der Waals surface area contributed by atoms with Crippen molar-refractivity contribution in [2.45, 2.75) is 33.7 Å². The third-order valence-corrected chi connectivity index (χ3v) is 3.48. The van der Waals surface area contributed by atoms with E-state index < -0.39 is 5.97 Å². The van der Waals surface area contributed by atoms with Gasteiger partial charge in [-0.3, -0.25) is 0 Å². The number of aromatic nitrogens is 1. The molecule has 0 unspecified atom stereocenters. The van der Waals surface area contributed by atoms with Crippen LogP contribution in [0.5, 0.6) is 0 Å². The quantitative estimate of drug-likeness (QED) is 0.804. The first-order chi connectivity index (χ1) is 7.44. The number of carbonyl (C=O) groups is 1. The molecule has 1 aromatic heterocycles. The molecule has 0 aromatic carbocycles. The molecule has 0 saturated heterocycles. The highest BCUT2D eigenvalue weighted by molar-refractivity contribution is 7.11. The number of rotatable bonds is 6. The molecule has 1 heterocycles. The van der Waals surface area contributed by atoms with Crippen LogP contribution in [0.1, 0.15) is 42.7 Å². The van der Waals surface area contributed by atoms with Crippen molar-refractivity contribution in [1.82, 2.24) is 10.3 Å². The fourth-order valence-electron chi connectivity index (χ4n) is 1.14. The number of thiazole rings is 1. The molecular formula is C11H18N2O2S. The van der Waals surface area contributed by atoms with E-state index in [-0.39, 0.29) is 10.4 Å². The van der Waals surface area contributed by atoms with Gasteiger partial charge in [0.05, 0.1) is 5.69 Å². The number of nitrogens with zero attached hydrogens (tertiary/aromatic N) is 1. The summed E-state index contributed by atoms with van der Waals surface area (Å²) in [7, 11) is 0. The summed E-state index contributed by atoms with van der Waals surface area (Å²) in [5.74, 6) is -0.954. The molecule has 0 saturated carbocycles. The number of nitrogens with one attached hydrogen (secondary N) is 1. The monoisotopic (exact) mass is 242 g/mol. The summed E-state index contributed by atoms with van der Waals surface area (Å²) in [5, 5.41) is 14.0. The zero-order chi connectivity index (χ0) is 12.2. The molecule has 0 radical (unpaired) electrons. The van der Waals surface area contributed by atoms with Crippen molar-refractivity contribution in [2.75, 3.05) is 6.54 Å². The lowest BCUT2D eigenvalue weighted by Crippen LogP contribution is -2.28. The molecule has 0 spiro atoms. The van der Waals surface area contributed by atoms with E-state index in [1.807, 2.05) is 0 Å². The fourth-order valence-corrected chi connectivity index (χ4v) is 1.79. The van der Waals surface area contributed by atoms with E-state index in [1.165, 1.54) is 11.3 Å². The van der Waals surface area contributed by atoms with Crippen molar-refractivity contribution >= 4 is 17.3 Å². The number of hydrogen-bond acceptors (Lipinski definition) is 4. The largest absolute Gasteiger partial charge is 0.476 e. The predicted octanol–water partition coefficient (Wildman–Crippen LogP) is 2.37. The lowest BCUT2D eigenvalue weighted by atomic mass is 9.90. The van der Waals surface area contributed by atoms with Crippen molar-refractivity contribution < 1.29 is 9.90 Å². The maximum Gasteiger partial charge on any atom is 0.365 e. The molecule has 1 aromatic rings. The molecule has 0 aliphatic carbocycles. The van der Waals surface area contributed by atoms with Crippen LogP contribution in [0, 0.1) is 5.41 Å². The molecule has 0 aliphatic heterocycles. The van der Waals surface area contributed by atoms with E-state index >= 15 is 0 Å². The molecule has 0 atom stereocenters. The van der Waals surface area contributed by atoms with E-state index in [2.05, 4.69) is 31.1 Å². The van der Waals surface area contributed by atoms with Gasteiger partial charge in [-0.2, -0.15) is 0 Å². The van der Waals surface area contributed by atoms with E-state index in [9.17, 15) is 4.79 Å². The van der Waals surface area contributed by atoms with Gasteiger partial charge in [0, 0.05) is 18.5 Å². The van der Waals surface area contributed by atoms with Gasteiger partial charge >= 0.3 is 5.97 Å². The summed E-state index contributed by atoms with van der Waals surface area (Å²) >= 11 is 1.17. The molecule has 0 amide bonds. The standard InChI is InChI=1S/C11H18N2O2S/c1-4-11(2,3)7-12-5-8-6-16-9(13-8)10(14)15/h6,12H,4-5,7H2,1-3H3,(H,14,15). The Labute approximate surface area is 99.7 Å². The van der Waals surface area contributed by atoms with Gasteiger partial charge < -0.3 is 10.4 Å². The van der Waals surface area contributed by atoms with Crippen LogP contribution in [0.25, 0.3) is 0 Å². The van der Waals surface area contributed by atoms with Gasteiger partial charge in [-0.05, 0) is 11.8 Å². The normalized spacial score (nSPS) is 11.7. The highest BCUT2D eigenvalue weighted by Crippen LogP contribution is 2.18. The van der Waals surface area contributed by atoms with Gasteiger partial charge in [0.25, 0.3) is 0 Å². The van der Waals surface area contributed by atoms with Crippen LogP contribution in [-0.2, 0) is 6.54 Å². The van der Waals surface area contributed by atoms with Crippen LogP contribution in [0.3, 0.4) is 0 Å². The van der Waals surface area contributed by atoms with Gasteiger partial charge in [-0.25, -0.2) is 9.78 Å². The first kappa shape index (κ1) is 13.1. The maximum atomic E-state index is 10.6. The predicted molar refractivity (Wildman–Crippen MR) is 64.9 cm³/mol. The van der Waals surface area contributed by atoms with Gasteiger partial charge in [0.15, 0.2) is 0 Å². The molecule has 0 aliphatic rings. The molecule has 4 nitrogen and oxygen atoms in total. The SMILES string of the molecule is CCC(C)(C)CNCc1csc(C(=O)O)n1. The first-order valence-corrected chi connectivity index (χ1v) is 6.21. The number of hydrogen-bond donors (Lipinski definition) is 2. The first-order valence-electron chi connectivity index (χ1n) is 5.33. The Hall–Kier alpha value is -0.940. The van der Waals surface area contributed by atoms with Crippen molar-refractivity contribution in [3.8, 4) is 0 Å². The Morgan fingerprint density at radius 1 is 1.62 bits per heavy atom. The summed E-state index contributed by atoms with van der Waals surface area (Å²) in [6.45, 7) is 8.09. The van der Waals surface area contributed by atoms with Crippen LogP contribution >= 0.6 is 11.3 Å². The van der Waals surface area contributed by atoms with Crippen molar-refractivity contribution in [3.63, 3.8) is 0 Å². The van der Waals surface area contributed by atoms with Crippen LogP contribution < -0.4 is 5.32 Å². The summed E-state index contributed by atoms with van der Waals surface area (Å²) < 4.78 is 0. The van der Waals surface area contributed by atoms with Gasteiger partial charge in [-0.15, -0.1) is 11.3 Å². The van der Waals surface area contributed by atoms with Crippen molar-refractivity contribution in [2.24, 2.45) is 5.41 Å². The molecule has 2 N–H and O–H groups in total. The van der Waals surface area contributed by atoms with Crippen LogP contribution in [0.2, 0.25) is 0 Å². The zero-order valence-electron chi connectivity index (χ0n) is 9.91. The summed E-state index contributed by atoms with van der Waals surface area (Å²) in [4.78, 5) is 14.6. The lowest BCUT2D eigenvalue weighted by Gasteiger charge is -2.22. The average Bonchev–Trinajstić information content (AvgIpc) is 2.66. The molecular weight excluding hydrogens is 224 g/mol. The van der Waals surface area contributed by atoms with E-state index in [1.54, 1.807) is 5.38 Å². The highest BCUT2D eigenvalue weighted by atomic mass is 32.1. The lowest BCUT2D eigenvalue weighted by molar-refractivity contribution is 0.0696. The van der Waals surface area contributed by atoms with Crippen molar-refractivity contribution in [1.29, 1.82) is 0 Å². The third kappa shape index (κ3) is 3.90. The topological polar surface area (TPSA) is 62.2 Å². The van der Waals surface area contributed by atoms with E-state index in [0.717, 1.165) is 18.7 Å². The third-order valence-electron chi connectivity index (χ3n) is 2.60. The molecule has 16 heavy (non-hydrogen) atoms. The summed E-state index contributed by atoms with van der Waals surface area (Å²) in [5.41, 5.74) is 1.07. The minimum atomic E-state index is -0.954. The zero-order valence-corrected chi connectivity index (χ0v) is 10.7. The van der Waals surface area contributed by atoms with Gasteiger partial charge in [0.1, 0.15) is 0 Å². The van der Waals surface area contributed by atoms with Crippen LogP contribution in [0.15, 0.2) is 5.38 Å². The van der Waals surface area contributed by atoms with Gasteiger partial charge in [-0.1, -0.05) is 20.8 Å². The minimum Gasteiger partial charge on any atom is -0.476 e. The highest BCUT2D eigenvalue weighted by Gasteiger charge is 2.14. The minimum absolute atomic E-state index is 0.159.